The van der Waals surface area contributed by atoms with Gasteiger partial charge >= 0.3 is 0 Å². The summed E-state index contributed by atoms with van der Waals surface area (Å²) >= 11 is 5.33. The molecule has 0 spiro atoms. The van der Waals surface area contributed by atoms with Gasteiger partial charge in [-0.05, 0) is 37.1 Å². The Morgan fingerprint density at radius 1 is 1.38 bits per heavy atom. The second-order valence-electron chi connectivity index (χ2n) is 3.58. The van der Waals surface area contributed by atoms with E-state index < -0.39 is 0 Å². The molecule has 88 valence electrons. The summed E-state index contributed by atoms with van der Waals surface area (Å²) in [6.45, 7) is 5.01. The Morgan fingerprint density at radius 2 is 2.12 bits per heavy atom. The van der Waals surface area contributed by atoms with Crippen LogP contribution in [0.1, 0.15) is 11.1 Å². The average molecular weight is 242 g/mol. The lowest BCUT2D eigenvalue weighted by molar-refractivity contribution is -0.118. The minimum Gasteiger partial charge on any atom is -0.492 e. The molecule has 0 aromatic heterocycles. The zero-order valence-electron chi connectivity index (χ0n) is 9.55. The molecule has 0 fully saturated rings. The monoisotopic (exact) mass is 241 g/mol. The van der Waals surface area contributed by atoms with Crippen LogP contribution in [-0.4, -0.2) is 24.9 Å². The lowest BCUT2D eigenvalue weighted by Gasteiger charge is -2.08. The van der Waals surface area contributed by atoms with E-state index in [1.807, 2.05) is 25.1 Å². The van der Waals surface area contributed by atoms with E-state index in [1.165, 1.54) is 11.1 Å². The molecule has 0 heterocycles. The molecule has 0 saturated carbocycles. The first-order valence-corrected chi connectivity index (χ1v) is 5.69. The Hall–Kier alpha value is -1.22. The molecule has 0 aliphatic carbocycles. The topological polar surface area (TPSA) is 38.3 Å². The molecule has 4 heteroatoms. The van der Waals surface area contributed by atoms with Crippen molar-refractivity contribution in [2.75, 3.05) is 19.0 Å². The van der Waals surface area contributed by atoms with Crippen LogP contribution in [0, 0.1) is 13.8 Å². The zero-order chi connectivity index (χ0) is 12.0. The highest BCUT2D eigenvalue weighted by molar-refractivity contribution is 6.27. The number of carbonyl (C=O) groups excluding carboxylic acids is 1. The third kappa shape index (κ3) is 4.11. The molecule has 0 radical (unpaired) electrons. The number of benzene rings is 1. The predicted octanol–water partition coefficient (Wildman–Crippen LogP) is 2.04. The van der Waals surface area contributed by atoms with Crippen LogP contribution in [0.15, 0.2) is 18.2 Å². The van der Waals surface area contributed by atoms with Crippen LogP contribution in [0.2, 0.25) is 0 Å². The van der Waals surface area contributed by atoms with Gasteiger partial charge in [0, 0.05) is 0 Å². The van der Waals surface area contributed by atoms with E-state index in [0.717, 1.165) is 5.75 Å². The van der Waals surface area contributed by atoms with Gasteiger partial charge in [0.05, 0.1) is 6.54 Å². The maximum absolute atomic E-state index is 10.8. The van der Waals surface area contributed by atoms with E-state index in [2.05, 4.69) is 12.2 Å². The second-order valence-corrected chi connectivity index (χ2v) is 3.85. The Bertz CT molecular complexity index is 366. The average Bonchev–Trinajstić information content (AvgIpc) is 2.28. The van der Waals surface area contributed by atoms with Crippen molar-refractivity contribution in [1.29, 1.82) is 0 Å². The van der Waals surface area contributed by atoms with Crippen molar-refractivity contribution in [2.45, 2.75) is 13.8 Å². The molecule has 0 saturated heterocycles. The van der Waals surface area contributed by atoms with E-state index in [-0.39, 0.29) is 11.8 Å². The van der Waals surface area contributed by atoms with Gasteiger partial charge in [-0.3, -0.25) is 4.79 Å². The summed E-state index contributed by atoms with van der Waals surface area (Å²) in [4.78, 5) is 10.8. The van der Waals surface area contributed by atoms with E-state index in [9.17, 15) is 4.79 Å². The maximum atomic E-state index is 10.8. The molecule has 1 amide bonds. The first kappa shape index (κ1) is 12.8. The first-order chi connectivity index (χ1) is 7.63. The van der Waals surface area contributed by atoms with E-state index in [1.54, 1.807) is 0 Å². The van der Waals surface area contributed by atoms with Gasteiger partial charge in [0.25, 0.3) is 0 Å². The second kappa shape index (κ2) is 6.38. The molecule has 3 nitrogen and oxygen atoms in total. The smallest absolute Gasteiger partial charge is 0.235 e. The maximum Gasteiger partial charge on any atom is 0.235 e. The van der Waals surface area contributed by atoms with Crippen molar-refractivity contribution in [3.8, 4) is 5.75 Å². The number of amides is 1. The minimum absolute atomic E-state index is 0.0103. The number of hydrogen-bond acceptors (Lipinski definition) is 2. The van der Waals surface area contributed by atoms with Gasteiger partial charge in [0.2, 0.25) is 5.91 Å². The Kier molecular flexibility index (Phi) is 5.12. The van der Waals surface area contributed by atoms with Gasteiger partial charge in [-0.1, -0.05) is 6.07 Å². The van der Waals surface area contributed by atoms with Gasteiger partial charge in [0.1, 0.15) is 18.2 Å². The van der Waals surface area contributed by atoms with Crippen molar-refractivity contribution in [2.24, 2.45) is 0 Å². The summed E-state index contributed by atoms with van der Waals surface area (Å²) in [5, 5.41) is 2.63. The van der Waals surface area contributed by atoms with E-state index in [0.29, 0.717) is 13.2 Å². The number of nitrogens with one attached hydrogen (secondary N) is 1. The van der Waals surface area contributed by atoms with E-state index >= 15 is 0 Å². The Morgan fingerprint density at radius 3 is 2.75 bits per heavy atom. The third-order valence-corrected chi connectivity index (χ3v) is 2.54. The molecule has 0 aliphatic heterocycles. The molecule has 1 N–H and O–H groups in total. The fourth-order valence-electron chi connectivity index (χ4n) is 1.21. The number of alkyl halides is 1. The number of rotatable bonds is 5. The number of carbonyl (C=O) groups is 1. The molecule has 0 aliphatic rings. The van der Waals surface area contributed by atoms with Gasteiger partial charge in [-0.25, -0.2) is 0 Å². The molecule has 0 atom stereocenters. The molecule has 0 unspecified atom stereocenters. The predicted molar refractivity (Wildman–Crippen MR) is 65.1 cm³/mol. The fraction of sp³-hybridized carbons (Fsp3) is 0.417. The lowest BCUT2D eigenvalue weighted by atomic mass is 10.1. The summed E-state index contributed by atoms with van der Waals surface area (Å²) in [7, 11) is 0. The van der Waals surface area contributed by atoms with Crippen molar-refractivity contribution in [1.82, 2.24) is 5.32 Å². The first-order valence-electron chi connectivity index (χ1n) is 5.16. The highest BCUT2D eigenvalue weighted by Crippen LogP contribution is 2.15. The number of halogens is 1. The van der Waals surface area contributed by atoms with Crippen molar-refractivity contribution in [3.63, 3.8) is 0 Å². The number of ether oxygens (including phenoxy) is 1. The van der Waals surface area contributed by atoms with Crippen LogP contribution < -0.4 is 10.1 Å². The van der Waals surface area contributed by atoms with Gasteiger partial charge in [0.15, 0.2) is 0 Å². The normalized spacial score (nSPS) is 9.94. The van der Waals surface area contributed by atoms with Crippen LogP contribution >= 0.6 is 11.6 Å². The summed E-state index contributed by atoms with van der Waals surface area (Å²) < 4.78 is 5.48. The molecule has 1 aromatic carbocycles. The van der Waals surface area contributed by atoms with Gasteiger partial charge in [-0.15, -0.1) is 11.6 Å². The van der Waals surface area contributed by atoms with Gasteiger partial charge < -0.3 is 10.1 Å². The van der Waals surface area contributed by atoms with Crippen LogP contribution in [0.4, 0.5) is 0 Å². The Labute approximate surface area is 101 Å². The number of hydrogen-bond donors (Lipinski definition) is 1. The van der Waals surface area contributed by atoms with E-state index in [4.69, 9.17) is 16.3 Å². The van der Waals surface area contributed by atoms with Crippen molar-refractivity contribution in [3.05, 3.63) is 29.3 Å². The highest BCUT2D eigenvalue weighted by Gasteiger charge is 1.99. The fourth-order valence-corrected chi connectivity index (χ4v) is 1.30. The lowest BCUT2D eigenvalue weighted by Crippen LogP contribution is -2.28. The quantitative estimate of drug-likeness (QED) is 0.633. The number of aryl methyl sites for hydroxylation is 2. The van der Waals surface area contributed by atoms with Crippen LogP contribution in [-0.2, 0) is 4.79 Å². The van der Waals surface area contributed by atoms with Crippen LogP contribution in [0.3, 0.4) is 0 Å². The van der Waals surface area contributed by atoms with Crippen molar-refractivity contribution < 1.29 is 9.53 Å². The molecule has 1 rings (SSSR count). The molecular weight excluding hydrogens is 226 g/mol. The summed E-state index contributed by atoms with van der Waals surface area (Å²) in [5.41, 5.74) is 2.44. The minimum atomic E-state index is -0.176. The highest BCUT2D eigenvalue weighted by atomic mass is 35.5. The SMILES string of the molecule is Cc1ccc(OCCNC(=O)CCl)cc1C. The van der Waals surface area contributed by atoms with Gasteiger partial charge in [-0.2, -0.15) is 0 Å². The van der Waals surface area contributed by atoms with Crippen molar-refractivity contribution >= 4 is 17.5 Å². The van der Waals surface area contributed by atoms with Crippen LogP contribution in [0.25, 0.3) is 0 Å². The molecule has 0 bridgehead atoms. The Balaban J connectivity index is 2.32. The molecule has 1 aromatic rings. The third-order valence-electron chi connectivity index (χ3n) is 2.29. The largest absolute Gasteiger partial charge is 0.492 e. The molecule has 16 heavy (non-hydrogen) atoms. The zero-order valence-corrected chi connectivity index (χ0v) is 10.3. The summed E-state index contributed by atoms with van der Waals surface area (Å²) in [6, 6.07) is 5.92. The summed E-state index contributed by atoms with van der Waals surface area (Å²) in [6.07, 6.45) is 0. The summed E-state index contributed by atoms with van der Waals surface area (Å²) in [5.74, 6) is 0.637. The standard InChI is InChI=1S/C12H16ClNO2/c1-9-3-4-11(7-10(9)2)16-6-5-14-12(15)8-13/h3-4,7H,5-6,8H2,1-2H3,(H,14,15). The van der Waals surface area contributed by atoms with Crippen LogP contribution in [0.5, 0.6) is 5.75 Å². The molecular formula is C12H16ClNO2.